The molecule has 2 aromatic carbocycles. The normalized spacial score (nSPS) is 19.9. The number of amides is 2. The lowest BCUT2D eigenvalue weighted by Crippen LogP contribution is -2.48. The number of hydrogen-bond acceptors (Lipinski definition) is 6. The molecule has 5 rings (SSSR count). The van der Waals surface area contributed by atoms with Gasteiger partial charge in [-0.05, 0) is 85.6 Å². The van der Waals surface area contributed by atoms with Gasteiger partial charge in [-0.15, -0.1) is 0 Å². The average Bonchev–Trinajstić information content (AvgIpc) is 3.11. The number of hydrogen-bond donors (Lipinski definition) is 2. The predicted octanol–water partition coefficient (Wildman–Crippen LogP) is 6.71. The fourth-order valence-corrected chi connectivity index (χ4v) is 7.17. The van der Waals surface area contributed by atoms with Gasteiger partial charge in [-0.3, -0.25) is 14.4 Å². The summed E-state index contributed by atoms with van der Waals surface area (Å²) >= 11 is 0. The van der Waals surface area contributed by atoms with Gasteiger partial charge >= 0.3 is 5.97 Å². The lowest BCUT2D eigenvalue weighted by atomic mass is 9.71. The highest BCUT2D eigenvalue weighted by Crippen LogP contribution is 2.41. The summed E-state index contributed by atoms with van der Waals surface area (Å²) in [5.74, 6) is 1.97. The van der Waals surface area contributed by atoms with E-state index in [-0.39, 0.29) is 18.9 Å². The number of benzene rings is 2. The molecule has 2 N–H and O–H groups in total. The van der Waals surface area contributed by atoms with E-state index in [9.17, 15) is 19.5 Å². The number of allylic oxidation sites excluding steroid dienone is 2. The maximum absolute atomic E-state index is 13.2. The van der Waals surface area contributed by atoms with Gasteiger partial charge < -0.3 is 20.1 Å². The molecule has 0 saturated heterocycles. The zero-order valence-corrected chi connectivity index (χ0v) is 28.4. The average molecular weight is 653 g/mol. The van der Waals surface area contributed by atoms with Crippen molar-refractivity contribution in [3.8, 4) is 17.1 Å². The van der Waals surface area contributed by atoms with Crippen molar-refractivity contribution in [1.82, 2.24) is 20.2 Å². The molecule has 9 nitrogen and oxygen atoms in total. The van der Waals surface area contributed by atoms with E-state index in [1.807, 2.05) is 36.7 Å². The number of carboxylic acid groups (broad SMARTS) is 1. The Morgan fingerprint density at radius 2 is 1.58 bits per heavy atom. The van der Waals surface area contributed by atoms with Crippen LogP contribution in [-0.4, -0.2) is 57.5 Å². The van der Waals surface area contributed by atoms with Crippen molar-refractivity contribution in [1.29, 1.82) is 0 Å². The molecule has 0 spiro atoms. The number of methoxy groups -OCH3 is 1. The monoisotopic (exact) mass is 652 g/mol. The van der Waals surface area contributed by atoms with Gasteiger partial charge in [0, 0.05) is 30.1 Å². The van der Waals surface area contributed by atoms with Crippen LogP contribution in [0.5, 0.6) is 5.75 Å². The van der Waals surface area contributed by atoms with Crippen LogP contribution in [0.15, 0.2) is 67.0 Å². The Morgan fingerprint density at radius 3 is 2.17 bits per heavy atom. The summed E-state index contributed by atoms with van der Waals surface area (Å²) in [5.41, 5.74) is 4.78. The van der Waals surface area contributed by atoms with E-state index < -0.39 is 24.5 Å². The van der Waals surface area contributed by atoms with Crippen LogP contribution in [0.4, 0.5) is 0 Å². The maximum atomic E-state index is 13.2. The molecule has 1 unspecified atom stereocenters. The summed E-state index contributed by atoms with van der Waals surface area (Å²) in [5, 5.41) is 12.2. The summed E-state index contributed by atoms with van der Waals surface area (Å²) in [6.07, 6.45) is 16.7. The zero-order chi connectivity index (χ0) is 34.0. The molecule has 2 aliphatic rings. The molecule has 2 atom stereocenters. The van der Waals surface area contributed by atoms with Crippen LogP contribution >= 0.6 is 0 Å². The Hall–Kier alpha value is -4.53. The molecule has 3 aromatic rings. The molecule has 1 heterocycles. The largest absolute Gasteiger partial charge is 0.497 e. The first kappa shape index (κ1) is 34.8. The van der Waals surface area contributed by atoms with Gasteiger partial charge in [0.2, 0.25) is 11.8 Å². The SMILES string of the molecule is CCC1CCC(C2CC=C(c3cnc(-c4ccc(CN(CC(=O)O)C(=O)[C@H](C)NC(=O)Cc5ccc(OC)cc5)cc4)nc3)CC2)CC1. The number of nitrogens with zero attached hydrogens (tertiary/aromatic N) is 3. The Balaban J connectivity index is 1.15. The van der Waals surface area contributed by atoms with E-state index in [2.05, 4.69) is 28.3 Å². The molecular formula is C39H48N4O5. The number of rotatable bonds is 13. The predicted molar refractivity (Wildman–Crippen MR) is 186 cm³/mol. The first-order valence-corrected chi connectivity index (χ1v) is 17.3. The number of carboxylic acids is 1. The summed E-state index contributed by atoms with van der Waals surface area (Å²) in [7, 11) is 1.57. The standard InChI is InChI=1S/C39H48N4O5/c1-4-27-5-11-30(12-6-27)31-15-17-32(18-16-31)34-22-40-38(41-23-34)33-13-7-29(8-14-33)24-43(25-37(45)46)39(47)26(2)42-36(44)21-28-9-19-35(48-3)20-10-28/h7-10,13-14,17,19-20,22-23,26-27,30-31H,4-6,11-12,15-16,18,21,24-25H2,1-3H3,(H,42,44)(H,45,46)/t26-,27?,30?,31?/m0/s1. The van der Waals surface area contributed by atoms with E-state index in [1.165, 1.54) is 49.0 Å². The highest BCUT2D eigenvalue weighted by atomic mass is 16.5. The van der Waals surface area contributed by atoms with Gasteiger partial charge in [0.05, 0.1) is 13.5 Å². The third kappa shape index (κ3) is 9.30. The van der Waals surface area contributed by atoms with Crippen LogP contribution in [0.25, 0.3) is 17.0 Å². The fraction of sp³-hybridized carbons (Fsp3) is 0.462. The van der Waals surface area contributed by atoms with E-state index in [1.54, 1.807) is 38.3 Å². The molecule has 1 saturated carbocycles. The summed E-state index contributed by atoms with van der Waals surface area (Å²) in [4.78, 5) is 48.0. The molecule has 9 heteroatoms. The van der Waals surface area contributed by atoms with Crippen LogP contribution in [0.3, 0.4) is 0 Å². The Bertz CT molecular complexity index is 1560. The fourth-order valence-electron chi connectivity index (χ4n) is 7.17. The van der Waals surface area contributed by atoms with E-state index in [0.29, 0.717) is 11.6 Å². The maximum Gasteiger partial charge on any atom is 0.323 e. The third-order valence-electron chi connectivity index (χ3n) is 10.1. The second kappa shape index (κ2) is 16.5. The quantitative estimate of drug-likeness (QED) is 0.210. The smallest absolute Gasteiger partial charge is 0.323 e. The Labute approximate surface area is 283 Å². The van der Waals surface area contributed by atoms with Crippen molar-refractivity contribution < 1.29 is 24.2 Å². The summed E-state index contributed by atoms with van der Waals surface area (Å²) in [6, 6.07) is 13.7. The molecule has 0 aliphatic heterocycles. The van der Waals surface area contributed by atoms with Crippen molar-refractivity contribution in [3.05, 3.63) is 83.7 Å². The highest BCUT2D eigenvalue weighted by Gasteiger charge is 2.28. The lowest BCUT2D eigenvalue weighted by molar-refractivity contribution is -0.146. The van der Waals surface area contributed by atoms with Gasteiger partial charge in [0.25, 0.3) is 0 Å². The number of ether oxygens (including phenoxy) is 1. The molecule has 0 bridgehead atoms. The number of aliphatic carboxylic acids is 1. The minimum Gasteiger partial charge on any atom is -0.497 e. The van der Waals surface area contributed by atoms with Crippen molar-refractivity contribution >= 4 is 23.4 Å². The number of aromatic nitrogens is 2. The molecule has 48 heavy (non-hydrogen) atoms. The van der Waals surface area contributed by atoms with Gasteiger partial charge in [0.1, 0.15) is 18.3 Å². The van der Waals surface area contributed by atoms with Crippen molar-refractivity contribution in [2.45, 2.75) is 84.2 Å². The molecule has 1 aromatic heterocycles. The number of nitrogens with one attached hydrogen (secondary N) is 1. The van der Waals surface area contributed by atoms with Gasteiger partial charge in [0.15, 0.2) is 5.82 Å². The molecule has 0 radical (unpaired) electrons. The van der Waals surface area contributed by atoms with Gasteiger partial charge in [-0.1, -0.05) is 68.7 Å². The molecule has 2 amide bonds. The number of carbonyl (C=O) groups excluding carboxylic acids is 2. The molecule has 254 valence electrons. The molecule has 1 fully saturated rings. The summed E-state index contributed by atoms with van der Waals surface area (Å²) < 4.78 is 5.15. The van der Waals surface area contributed by atoms with Crippen LogP contribution in [0, 0.1) is 17.8 Å². The van der Waals surface area contributed by atoms with E-state index in [4.69, 9.17) is 4.74 Å². The Kier molecular flexibility index (Phi) is 12.0. The lowest BCUT2D eigenvalue weighted by Gasteiger charge is -2.35. The van der Waals surface area contributed by atoms with Gasteiger partial charge in [-0.25, -0.2) is 9.97 Å². The second-order valence-electron chi connectivity index (χ2n) is 13.3. The first-order chi connectivity index (χ1) is 23.2. The van der Waals surface area contributed by atoms with Crippen molar-refractivity contribution in [2.75, 3.05) is 13.7 Å². The zero-order valence-electron chi connectivity index (χ0n) is 28.4. The molecular weight excluding hydrogens is 604 g/mol. The van der Waals surface area contributed by atoms with Crippen LogP contribution in [-0.2, 0) is 27.3 Å². The second-order valence-corrected chi connectivity index (χ2v) is 13.3. The van der Waals surface area contributed by atoms with Crippen LogP contribution < -0.4 is 10.1 Å². The van der Waals surface area contributed by atoms with Crippen LogP contribution in [0.1, 0.15) is 81.9 Å². The summed E-state index contributed by atoms with van der Waals surface area (Å²) in [6.45, 7) is 3.48. The van der Waals surface area contributed by atoms with Gasteiger partial charge in [-0.2, -0.15) is 0 Å². The first-order valence-electron chi connectivity index (χ1n) is 17.3. The minimum atomic E-state index is -1.13. The van der Waals surface area contributed by atoms with Crippen LogP contribution in [0.2, 0.25) is 0 Å². The van der Waals surface area contributed by atoms with E-state index >= 15 is 0 Å². The highest BCUT2D eigenvalue weighted by molar-refractivity contribution is 5.89. The molecule has 2 aliphatic carbocycles. The topological polar surface area (TPSA) is 122 Å². The van der Waals surface area contributed by atoms with Crippen molar-refractivity contribution in [3.63, 3.8) is 0 Å². The Morgan fingerprint density at radius 1 is 0.917 bits per heavy atom. The van der Waals surface area contributed by atoms with E-state index in [0.717, 1.165) is 52.8 Å². The third-order valence-corrected chi connectivity index (χ3v) is 10.1. The van der Waals surface area contributed by atoms with Crippen molar-refractivity contribution in [2.24, 2.45) is 17.8 Å². The number of carbonyl (C=O) groups is 3. The minimum absolute atomic E-state index is 0.0824.